The van der Waals surface area contributed by atoms with Crippen molar-refractivity contribution in [1.29, 1.82) is 0 Å². The largest absolute Gasteiger partial charge is 0.313 e. The fourth-order valence-corrected chi connectivity index (χ4v) is 5.41. The van der Waals surface area contributed by atoms with Crippen molar-refractivity contribution in [1.82, 2.24) is 4.90 Å². The summed E-state index contributed by atoms with van der Waals surface area (Å²) in [6.45, 7) is 2.16. The molecule has 3 aliphatic rings. The number of thioether (sulfide) groups is 1. The van der Waals surface area contributed by atoms with Crippen LogP contribution < -0.4 is 0 Å². The van der Waals surface area contributed by atoms with Gasteiger partial charge in [0.15, 0.2) is 5.17 Å². The maximum Gasteiger partial charge on any atom is 0.173 e. The highest BCUT2D eigenvalue weighted by atomic mass is 35.5. The van der Waals surface area contributed by atoms with E-state index < -0.39 is 0 Å². The summed E-state index contributed by atoms with van der Waals surface area (Å²) < 4.78 is 0. The summed E-state index contributed by atoms with van der Waals surface area (Å²) in [4.78, 5) is 7.49. The van der Waals surface area contributed by atoms with Gasteiger partial charge in [-0.25, -0.2) is 4.99 Å². The minimum absolute atomic E-state index is 0.176. The predicted molar refractivity (Wildman–Crippen MR) is 125 cm³/mol. The van der Waals surface area contributed by atoms with Crippen LogP contribution >= 0.6 is 35.0 Å². The lowest BCUT2D eigenvalue weighted by Gasteiger charge is -2.39. The van der Waals surface area contributed by atoms with Crippen LogP contribution in [0, 0.1) is 0 Å². The molecule has 0 radical (unpaired) electrons. The Morgan fingerprint density at radius 1 is 1.00 bits per heavy atom. The van der Waals surface area contributed by atoms with Crippen LogP contribution in [0.4, 0.5) is 0 Å². The lowest BCUT2D eigenvalue weighted by Crippen LogP contribution is -2.34. The van der Waals surface area contributed by atoms with Crippen molar-refractivity contribution >= 4 is 46.2 Å². The maximum atomic E-state index is 6.17. The van der Waals surface area contributed by atoms with Gasteiger partial charge in [-0.05, 0) is 84.2 Å². The number of allylic oxidation sites excluding steroid dienone is 2. The van der Waals surface area contributed by atoms with E-state index in [1.807, 2.05) is 24.3 Å². The minimum atomic E-state index is 0.176. The Balaban J connectivity index is 1.63. The fourth-order valence-electron chi connectivity index (χ4n) is 4.27. The third-order valence-electron chi connectivity index (χ3n) is 5.61. The van der Waals surface area contributed by atoms with Crippen molar-refractivity contribution in [2.45, 2.75) is 32.2 Å². The second-order valence-corrected chi connectivity index (χ2v) is 9.25. The van der Waals surface area contributed by atoms with E-state index in [1.54, 1.807) is 11.8 Å². The monoisotopic (exact) mass is 438 g/mol. The summed E-state index contributed by atoms with van der Waals surface area (Å²) in [5, 5.41) is 4.78. The molecule has 1 aliphatic carbocycles. The number of benzene rings is 2. The van der Waals surface area contributed by atoms with E-state index in [9.17, 15) is 0 Å². The number of rotatable bonds is 2. The predicted octanol–water partition coefficient (Wildman–Crippen LogP) is 7.84. The molecule has 2 aromatic rings. The molecule has 0 fully saturated rings. The topological polar surface area (TPSA) is 15.6 Å². The van der Waals surface area contributed by atoms with Crippen molar-refractivity contribution in [3.8, 4) is 0 Å². The first kappa shape index (κ1) is 19.0. The normalized spacial score (nSPS) is 22.4. The average Bonchev–Trinajstić information content (AvgIpc) is 3.10. The molecule has 5 heteroatoms. The molecular formula is C24H20Cl2N2S. The van der Waals surface area contributed by atoms with Crippen LogP contribution in [0.3, 0.4) is 0 Å². The zero-order valence-corrected chi connectivity index (χ0v) is 18.4. The number of amidine groups is 1. The summed E-state index contributed by atoms with van der Waals surface area (Å²) >= 11 is 13.9. The van der Waals surface area contributed by atoms with Crippen LogP contribution in [0.5, 0.6) is 0 Å². The molecule has 0 bridgehead atoms. The van der Waals surface area contributed by atoms with Gasteiger partial charge in [0.05, 0.1) is 11.7 Å². The second-order valence-electron chi connectivity index (χ2n) is 7.54. The molecule has 2 nitrogen and oxygen atoms in total. The highest BCUT2D eigenvalue weighted by molar-refractivity contribution is 8.16. The molecule has 2 aliphatic heterocycles. The van der Waals surface area contributed by atoms with E-state index >= 15 is 0 Å². The lowest BCUT2D eigenvalue weighted by atomic mass is 9.83. The standard InChI is InChI=1S/C24H20Cl2N2S/c1-15-14-29-24-27-22-18(13-16-5-9-19(25)10-6-16)3-2-4-21(22)23(28(15)24)17-7-11-20(26)12-8-17/h5-14,23H,2-4H2,1H3/b18-13+. The van der Waals surface area contributed by atoms with Gasteiger partial charge in [-0.3, -0.25) is 0 Å². The van der Waals surface area contributed by atoms with Crippen LogP contribution in [0.1, 0.15) is 43.4 Å². The van der Waals surface area contributed by atoms with Crippen LogP contribution in [-0.2, 0) is 0 Å². The highest BCUT2D eigenvalue weighted by Gasteiger charge is 2.38. The molecule has 2 aromatic carbocycles. The van der Waals surface area contributed by atoms with E-state index in [1.165, 1.54) is 22.4 Å². The van der Waals surface area contributed by atoms with Crippen molar-refractivity contribution in [2.75, 3.05) is 0 Å². The maximum absolute atomic E-state index is 6.17. The van der Waals surface area contributed by atoms with Crippen molar-refractivity contribution in [3.05, 3.63) is 97.7 Å². The molecule has 29 heavy (non-hydrogen) atoms. The second kappa shape index (κ2) is 7.71. The van der Waals surface area contributed by atoms with E-state index in [-0.39, 0.29) is 6.04 Å². The third kappa shape index (κ3) is 3.56. The van der Waals surface area contributed by atoms with Crippen molar-refractivity contribution < 1.29 is 0 Å². The van der Waals surface area contributed by atoms with Gasteiger partial charge in [-0.15, -0.1) is 0 Å². The van der Waals surface area contributed by atoms with Gasteiger partial charge in [0, 0.05) is 15.7 Å². The fraction of sp³-hybridized carbons (Fsp3) is 0.208. The SMILES string of the molecule is CC1=CSC2=NC3=C(CCC/C3=C\c3ccc(Cl)cc3)C(c3ccc(Cl)cc3)N12. The number of hydrogen-bond donors (Lipinski definition) is 0. The summed E-state index contributed by atoms with van der Waals surface area (Å²) in [5.41, 5.74) is 7.54. The molecule has 2 heterocycles. The minimum Gasteiger partial charge on any atom is -0.313 e. The molecule has 0 N–H and O–H groups in total. The highest BCUT2D eigenvalue weighted by Crippen LogP contribution is 2.49. The molecule has 1 unspecified atom stereocenters. The molecule has 0 saturated carbocycles. The van der Waals surface area contributed by atoms with Crippen LogP contribution in [0.25, 0.3) is 6.08 Å². The van der Waals surface area contributed by atoms with Crippen molar-refractivity contribution in [3.63, 3.8) is 0 Å². The Hall–Kier alpha value is -1.94. The molecule has 1 atom stereocenters. The summed E-state index contributed by atoms with van der Waals surface area (Å²) in [5.74, 6) is 0. The van der Waals surface area contributed by atoms with E-state index in [0.717, 1.165) is 45.7 Å². The Morgan fingerprint density at radius 3 is 2.41 bits per heavy atom. The van der Waals surface area contributed by atoms with Gasteiger partial charge in [0.25, 0.3) is 0 Å². The molecular weight excluding hydrogens is 419 g/mol. The number of halogens is 2. The number of fused-ring (bicyclic) bond motifs is 1. The lowest BCUT2D eigenvalue weighted by molar-refractivity contribution is 0.413. The molecule has 146 valence electrons. The zero-order chi connectivity index (χ0) is 20.0. The van der Waals surface area contributed by atoms with E-state index in [0.29, 0.717) is 0 Å². The Labute approximate surface area is 185 Å². The van der Waals surface area contributed by atoms with E-state index in [4.69, 9.17) is 28.2 Å². The first-order valence-corrected chi connectivity index (χ1v) is 11.4. The van der Waals surface area contributed by atoms with Crippen LogP contribution in [0.2, 0.25) is 10.0 Å². The number of hydrogen-bond acceptors (Lipinski definition) is 3. The summed E-state index contributed by atoms with van der Waals surface area (Å²) in [6.07, 6.45) is 5.51. The molecule has 0 aromatic heterocycles. The van der Waals surface area contributed by atoms with Gasteiger partial charge in [0.2, 0.25) is 0 Å². The summed E-state index contributed by atoms with van der Waals surface area (Å²) in [7, 11) is 0. The first-order valence-electron chi connectivity index (χ1n) is 9.76. The Kier molecular flexibility index (Phi) is 5.07. The van der Waals surface area contributed by atoms with Gasteiger partial charge < -0.3 is 4.90 Å². The first-order chi connectivity index (χ1) is 14.1. The Bertz CT molecular complexity index is 1080. The molecule has 0 amide bonds. The van der Waals surface area contributed by atoms with Gasteiger partial charge in [-0.2, -0.15) is 0 Å². The summed E-state index contributed by atoms with van der Waals surface area (Å²) in [6, 6.07) is 16.5. The molecule has 0 saturated heterocycles. The van der Waals surface area contributed by atoms with Gasteiger partial charge in [0.1, 0.15) is 0 Å². The smallest absolute Gasteiger partial charge is 0.173 e. The average molecular weight is 439 g/mol. The van der Waals surface area contributed by atoms with Crippen molar-refractivity contribution in [2.24, 2.45) is 4.99 Å². The van der Waals surface area contributed by atoms with Crippen LogP contribution in [0.15, 0.2) is 81.5 Å². The Morgan fingerprint density at radius 2 is 1.69 bits per heavy atom. The zero-order valence-electron chi connectivity index (χ0n) is 16.0. The van der Waals surface area contributed by atoms with E-state index in [2.05, 4.69) is 47.6 Å². The quantitative estimate of drug-likeness (QED) is 0.474. The molecule has 0 spiro atoms. The van der Waals surface area contributed by atoms with Crippen LogP contribution in [-0.4, -0.2) is 10.1 Å². The third-order valence-corrected chi connectivity index (χ3v) is 7.08. The van der Waals surface area contributed by atoms with Gasteiger partial charge >= 0.3 is 0 Å². The molecule has 5 rings (SSSR count). The van der Waals surface area contributed by atoms with Gasteiger partial charge in [-0.1, -0.05) is 59.2 Å². The number of aliphatic imine (C=N–C) groups is 1. The number of nitrogens with zero attached hydrogens (tertiary/aromatic N) is 2.